The molecule has 0 aliphatic carbocycles. The van der Waals surface area contributed by atoms with Crippen molar-refractivity contribution >= 4 is 46.2 Å². The van der Waals surface area contributed by atoms with Gasteiger partial charge < -0.3 is 29.5 Å². The van der Waals surface area contributed by atoms with Crippen LogP contribution < -0.4 is 24.6 Å². The normalized spacial score (nSPS) is 15.9. The molecule has 2 aliphatic rings. The summed E-state index contributed by atoms with van der Waals surface area (Å²) in [5.41, 5.74) is 4.96. The van der Waals surface area contributed by atoms with Gasteiger partial charge in [0, 0.05) is 74.9 Å². The van der Waals surface area contributed by atoms with E-state index in [9.17, 15) is 0 Å². The molecule has 5 rings (SSSR count). The van der Waals surface area contributed by atoms with Crippen molar-refractivity contribution < 1.29 is 9.47 Å². The van der Waals surface area contributed by atoms with Crippen molar-refractivity contribution in [2.24, 2.45) is 0 Å². The molecule has 3 heterocycles. The lowest BCUT2D eigenvalue weighted by atomic mass is 10.1. The van der Waals surface area contributed by atoms with E-state index in [2.05, 4.69) is 56.2 Å². The molecular weight excluding hydrogens is 511 g/mol. The number of nitrogens with zero attached hydrogens (tertiary/aromatic N) is 5. The van der Waals surface area contributed by atoms with Crippen molar-refractivity contribution in [3.05, 3.63) is 57.8 Å². The molecule has 1 fully saturated rings. The van der Waals surface area contributed by atoms with E-state index in [0.717, 1.165) is 56.1 Å². The minimum atomic E-state index is 0.464. The molecule has 2 aromatic carbocycles. The Kier molecular flexibility index (Phi) is 7.79. The predicted molar refractivity (Wildman–Crippen MR) is 150 cm³/mol. The van der Waals surface area contributed by atoms with Crippen LogP contribution in [0.25, 0.3) is 0 Å². The zero-order valence-corrected chi connectivity index (χ0v) is 22.9. The van der Waals surface area contributed by atoms with Crippen molar-refractivity contribution in [1.82, 2.24) is 14.9 Å². The SMILES string of the molecule is CCN1CCN(c2ccc(Nc3ncc4c(n3)CCN(c3c(Cl)c(OC)cc(OC)c3Cl)C4)cc2)CC1. The number of hydrogen-bond donors (Lipinski definition) is 1. The molecule has 196 valence electrons. The zero-order chi connectivity index (χ0) is 25.9. The van der Waals surface area contributed by atoms with Crippen LogP contribution >= 0.6 is 23.2 Å². The lowest BCUT2D eigenvalue weighted by molar-refractivity contribution is 0.271. The third-order valence-electron chi connectivity index (χ3n) is 7.11. The van der Waals surface area contributed by atoms with Gasteiger partial charge in [-0.25, -0.2) is 9.97 Å². The maximum Gasteiger partial charge on any atom is 0.227 e. The van der Waals surface area contributed by atoms with E-state index in [1.54, 1.807) is 20.3 Å². The number of likely N-dealkylation sites (N-methyl/N-ethyl adjacent to an activating group) is 1. The number of piperazine rings is 1. The fourth-order valence-electron chi connectivity index (χ4n) is 4.92. The lowest BCUT2D eigenvalue weighted by Crippen LogP contribution is -2.46. The van der Waals surface area contributed by atoms with Gasteiger partial charge in [0.15, 0.2) is 0 Å². The summed E-state index contributed by atoms with van der Waals surface area (Å²) in [7, 11) is 3.15. The lowest BCUT2D eigenvalue weighted by Gasteiger charge is -2.35. The van der Waals surface area contributed by atoms with Gasteiger partial charge in [-0.05, 0) is 30.8 Å². The molecule has 0 atom stereocenters. The van der Waals surface area contributed by atoms with Gasteiger partial charge in [0.05, 0.1) is 25.6 Å². The molecule has 0 unspecified atom stereocenters. The molecule has 0 saturated carbocycles. The molecule has 1 saturated heterocycles. The first-order chi connectivity index (χ1) is 18.0. The molecule has 0 bridgehead atoms. The Morgan fingerprint density at radius 1 is 0.919 bits per heavy atom. The van der Waals surface area contributed by atoms with Crippen LogP contribution in [0.1, 0.15) is 18.2 Å². The number of ether oxygens (including phenoxy) is 2. The topological polar surface area (TPSA) is 66.0 Å². The average molecular weight is 543 g/mol. The van der Waals surface area contributed by atoms with Gasteiger partial charge in [0.2, 0.25) is 5.95 Å². The molecular formula is C27H32Cl2N6O2. The molecule has 0 radical (unpaired) electrons. The molecule has 8 nitrogen and oxygen atoms in total. The van der Waals surface area contributed by atoms with Crippen molar-refractivity contribution in [1.29, 1.82) is 0 Å². The predicted octanol–water partition coefficient (Wildman–Crippen LogP) is 5.25. The van der Waals surface area contributed by atoms with Gasteiger partial charge in [-0.1, -0.05) is 30.1 Å². The molecule has 2 aliphatic heterocycles. The Morgan fingerprint density at radius 3 is 2.22 bits per heavy atom. The van der Waals surface area contributed by atoms with Crippen molar-refractivity contribution in [3.63, 3.8) is 0 Å². The maximum atomic E-state index is 6.64. The van der Waals surface area contributed by atoms with Crippen LogP contribution in [0.3, 0.4) is 0 Å². The number of rotatable bonds is 7. The third-order valence-corrected chi connectivity index (χ3v) is 7.84. The Morgan fingerprint density at radius 2 is 1.59 bits per heavy atom. The Balaban J connectivity index is 1.27. The average Bonchev–Trinajstić information content (AvgIpc) is 2.94. The van der Waals surface area contributed by atoms with Crippen molar-refractivity contribution in [2.45, 2.75) is 19.9 Å². The quantitative estimate of drug-likeness (QED) is 0.434. The van der Waals surface area contributed by atoms with Gasteiger partial charge >= 0.3 is 0 Å². The molecule has 1 aromatic heterocycles. The number of hydrogen-bond acceptors (Lipinski definition) is 8. The van der Waals surface area contributed by atoms with E-state index in [-0.39, 0.29) is 0 Å². The van der Waals surface area contributed by atoms with Gasteiger partial charge in [-0.15, -0.1) is 0 Å². The van der Waals surface area contributed by atoms with Crippen LogP contribution in [-0.4, -0.2) is 68.4 Å². The number of anilines is 4. The molecule has 37 heavy (non-hydrogen) atoms. The fourth-order valence-corrected chi connectivity index (χ4v) is 5.66. The number of aromatic nitrogens is 2. The van der Waals surface area contributed by atoms with Gasteiger partial charge in [-0.3, -0.25) is 0 Å². The first-order valence-corrected chi connectivity index (χ1v) is 13.3. The highest BCUT2D eigenvalue weighted by Crippen LogP contribution is 2.47. The largest absolute Gasteiger partial charge is 0.495 e. The first-order valence-electron chi connectivity index (χ1n) is 12.5. The summed E-state index contributed by atoms with van der Waals surface area (Å²) in [5.74, 6) is 1.64. The van der Waals surface area contributed by atoms with Gasteiger partial charge in [0.1, 0.15) is 21.5 Å². The van der Waals surface area contributed by atoms with Gasteiger partial charge in [0.25, 0.3) is 0 Å². The number of halogens is 2. The third kappa shape index (κ3) is 5.37. The number of benzene rings is 2. The van der Waals surface area contributed by atoms with E-state index >= 15 is 0 Å². The van der Waals surface area contributed by atoms with Crippen LogP contribution in [-0.2, 0) is 13.0 Å². The summed E-state index contributed by atoms with van der Waals surface area (Å²) in [6.45, 7) is 8.98. The Labute approximate surface area is 228 Å². The summed E-state index contributed by atoms with van der Waals surface area (Å²) >= 11 is 13.3. The molecule has 3 aromatic rings. The monoisotopic (exact) mass is 542 g/mol. The van der Waals surface area contributed by atoms with Crippen molar-refractivity contribution in [2.75, 3.05) is 68.6 Å². The Bertz CT molecular complexity index is 1220. The summed E-state index contributed by atoms with van der Waals surface area (Å²) in [6, 6.07) is 10.2. The highest BCUT2D eigenvalue weighted by molar-refractivity contribution is 6.41. The van der Waals surface area contributed by atoms with E-state index in [4.69, 9.17) is 37.7 Å². The van der Waals surface area contributed by atoms with Crippen LogP contribution in [0.2, 0.25) is 10.0 Å². The minimum Gasteiger partial charge on any atom is -0.495 e. The summed E-state index contributed by atoms with van der Waals surface area (Å²) in [6.07, 6.45) is 2.61. The van der Waals surface area contributed by atoms with E-state index in [1.165, 1.54) is 5.69 Å². The van der Waals surface area contributed by atoms with E-state index < -0.39 is 0 Å². The standard InChI is InChI=1S/C27H32Cl2N6O2/c1-4-33-11-13-34(14-12-33)20-7-5-19(6-8-20)31-27-30-16-18-17-35(10-9-21(18)32-27)26-24(28)22(36-2)15-23(37-3)25(26)29/h5-8,15-16H,4,9-14,17H2,1-3H3,(H,30,31,32). The van der Waals surface area contributed by atoms with Crippen LogP contribution in [0.4, 0.5) is 23.0 Å². The zero-order valence-electron chi connectivity index (χ0n) is 21.4. The number of fused-ring (bicyclic) bond motifs is 1. The first kappa shape index (κ1) is 25.7. The second kappa shape index (κ2) is 11.2. The maximum absolute atomic E-state index is 6.64. The summed E-state index contributed by atoms with van der Waals surface area (Å²) < 4.78 is 10.9. The molecule has 0 spiro atoms. The highest BCUT2D eigenvalue weighted by Gasteiger charge is 2.26. The fraction of sp³-hybridized carbons (Fsp3) is 0.407. The smallest absolute Gasteiger partial charge is 0.227 e. The van der Waals surface area contributed by atoms with Crippen LogP contribution in [0.15, 0.2) is 36.5 Å². The van der Waals surface area contributed by atoms with E-state index in [0.29, 0.717) is 46.3 Å². The second-order valence-electron chi connectivity index (χ2n) is 9.19. The number of nitrogens with one attached hydrogen (secondary N) is 1. The van der Waals surface area contributed by atoms with Crippen LogP contribution in [0.5, 0.6) is 11.5 Å². The second-order valence-corrected chi connectivity index (χ2v) is 9.94. The summed E-state index contributed by atoms with van der Waals surface area (Å²) in [4.78, 5) is 16.4. The van der Waals surface area contributed by atoms with Gasteiger partial charge in [-0.2, -0.15) is 0 Å². The Hall–Kier alpha value is -2.94. The number of methoxy groups -OCH3 is 2. The van der Waals surface area contributed by atoms with E-state index in [1.807, 2.05) is 6.20 Å². The van der Waals surface area contributed by atoms with Crippen molar-refractivity contribution in [3.8, 4) is 11.5 Å². The molecule has 10 heteroatoms. The molecule has 0 amide bonds. The molecule has 1 N–H and O–H groups in total. The highest BCUT2D eigenvalue weighted by atomic mass is 35.5. The summed E-state index contributed by atoms with van der Waals surface area (Å²) in [5, 5.41) is 4.28. The van der Waals surface area contributed by atoms with Crippen LogP contribution in [0, 0.1) is 0 Å². The minimum absolute atomic E-state index is 0.464.